The zero-order chi connectivity index (χ0) is 21.1. The molecular weight excluding hydrogens is 370 g/mol. The number of aliphatic hydroxyl groups excluding tert-OH is 1. The highest BCUT2D eigenvalue weighted by Crippen LogP contribution is 2.37. The van der Waals surface area contributed by atoms with Crippen molar-refractivity contribution in [3.63, 3.8) is 0 Å². The second kappa shape index (κ2) is 9.07. The summed E-state index contributed by atoms with van der Waals surface area (Å²) in [7, 11) is 0. The Labute approximate surface area is 172 Å². The molecule has 2 aliphatic rings. The quantitative estimate of drug-likeness (QED) is 0.660. The minimum atomic E-state index is -0.217. The molecule has 2 amide bonds. The number of aryl methyl sites for hydroxylation is 2. The summed E-state index contributed by atoms with van der Waals surface area (Å²) in [5.74, 6) is 0.790. The van der Waals surface area contributed by atoms with Gasteiger partial charge in [0.2, 0.25) is 17.8 Å². The van der Waals surface area contributed by atoms with E-state index in [0.29, 0.717) is 37.8 Å². The first-order valence-corrected chi connectivity index (χ1v) is 10.6. The molecule has 2 fully saturated rings. The largest absolute Gasteiger partial charge is 0.396 e. The maximum absolute atomic E-state index is 13.1. The van der Waals surface area contributed by atoms with Crippen LogP contribution in [0.1, 0.15) is 44.5 Å². The molecule has 8 heteroatoms. The van der Waals surface area contributed by atoms with E-state index in [-0.39, 0.29) is 43.0 Å². The van der Waals surface area contributed by atoms with E-state index in [2.05, 4.69) is 29.1 Å². The number of rotatable bonds is 7. The monoisotopic (exact) mass is 403 g/mol. The van der Waals surface area contributed by atoms with E-state index in [1.165, 1.54) is 0 Å². The second-order valence-corrected chi connectivity index (χ2v) is 8.69. The van der Waals surface area contributed by atoms with Crippen molar-refractivity contribution < 1.29 is 14.7 Å². The minimum absolute atomic E-state index is 0.0134. The molecule has 8 nitrogen and oxygen atoms in total. The van der Waals surface area contributed by atoms with Crippen molar-refractivity contribution in [1.29, 1.82) is 0 Å². The summed E-state index contributed by atoms with van der Waals surface area (Å²) >= 11 is 0. The summed E-state index contributed by atoms with van der Waals surface area (Å²) < 4.78 is 0. The standard InChI is InChI=1S/C21H33N5O3/c1-13(2)8-18-17(20(29)22-6-5-7-27)10-16-11-25(12-19(28)26(16)18)21-23-14(3)9-15(4)24-21/h9,13,16-18,27H,5-8,10-12H2,1-4H3,(H,22,29)/t16-,17-,18-/m1/s1. The predicted molar refractivity (Wildman–Crippen MR) is 110 cm³/mol. The fourth-order valence-corrected chi connectivity index (χ4v) is 4.61. The van der Waals surface area contributed by atoms with Crippen LogP contribution in [0.2, 0.25) is 0 Å². The van der Waals surface area contributed by atoms with Gasteiger partial charge in [-0.15, -0.1) is 0 Å². The highest BCUT2D eigenvalue weighted by atomic mass is 16.3. The number of aliphatic hydroxyl groups is 1. The molecule has 3 heterocycles. The number of aromatic nitrogens is 2. The van der Waals surface area contributed by atoms with Crippen molar-refractivity contribution in [2.75, 3.05) is 31.1 Å². The highest BCUT2D eigenvalue weighted by molar-refractivity contribution is 5.86. The van der Waals surface area contributed by atoms with E-state index >= 15 is 0 Å². The van der Waals surface area contributed by atoms with Gasteiger partial charge in [-0.1, -0.05) is 13.8 Å². The lowest BCUT2D eigenvalue weighted by Crippen LogP contribution is -2.57. The van der Waals surface area contributed by atoms with Crippen molar-refractivity contribution in [2.45, 2.75) is 59.0 Å². The number of amides is 2. The molecule has 1 aromatic heterocycles. The van der Waals surface area contributed by atoms with Crippen molar-refractivity contribution in [3.8, 4) is 0 Å². The van der Waals surface area contributed by atoms with Gasteiger partial charge >= 0.3 is 0 Å². The van der Waals surface area contributed by atoms with Gasteiger partial charge in [-0.25, -0.2) is 9.97 Å². The average Bonchev–Trinajstić information content (AvgIpc) is 2.99. The number of nitrogens with one attached hydrogen (secondary N) is 1. The zero-order valence-electron chi connectivity index (χ0n) is 17.9. The van der Waals surface area contributed by atoms with Crippen molar-refractivity contribution in [3.05, 3.63) is 17.5 Å². The Morgan fingerprint density at radius 1 is 1.31 bits per heavy atom. The smallest absolute Gasteiger partial charge is 0.242 e. The number of hydrogen-bond acceptors (Lipinski definition) is 6. The summed E-state index contributed by atoms with van der Waals surface area (Å²) in [6.45, 7) is 9.50. The molecule has 0 radical (unpaired) electrons. The number of hydrogen-bond donors (Lipinski definition) is 2. The molecule has 0 aliphatic carbocycles. The number of anilines is 1. The van der Waals surface area contributed by atoms with Crippen LogP contribution in [0.3, 0.4) is 0 Å². The van der Waals surface area contributed by atoms with Gasteiger partial charge in [0.05, 0.1) is 12.0 Å². The Kier molecular flexibility index (Phi) is 6.72. The Balaban J connectivity index is 1.79. The number of fused-ring (bicyclic) bond motifs is 1. The van der Waals surface area contributed by atoms with E-state index in [9.17, 15) is 9.59 Å². The third-order valence-electron chi connectivity index (χ3n) is 5.72. The second-order valence-electron chi connectivity index (χ2n) is 8.69. The van der Waals surface area contributed by atoms with Crippen LogP contribution >= 0.6 is 0 Å². The predicted octanol–water partition coefficient (Wildman–Crippen LogP) is 1.04. The third kappa shape index (κ3) is 4.86. The first-order valence-electron chi connectivity index (χ1n) is 10.6. The molecule has 1 aromatic rings. The number of carbonyl (C=O) groups excluding carboxylic acids is 2. The van der Waals surface area contributed by atoms with Gasteiger partial charge in [0.25, 0.3) is 0 Å². The van der Waals surface area contributed by atoms with Gasteiger partial charge in [0.1, 0.15) is 6.54 Å². The van der Waals surface area contributed by atoms with Crippen LogP contribution < -0.4 is 10.2 Å². The lowest BCUT2D eigenvalue weighted by atomic mass is 9.91. The van der Waals surface area contributed by atoms with E-state index in [0.717, 1.165) is 17.8 Å². The Hall–Kier alpha value is -2.22. The van der Waals surface area contributed by atoms with Crippen LogP contribution in [0, 0.1) is 25.7 Å². The van der Waals surface area contributed by atoms with Gasteiger partial charge in [0.15, 0.2) is 0 Å². The number of nitrogens with zero attached hydrogens (tertiary/aromatic N) is 4. The SMILES string of the molecule is Cc1cc(C)nc(N2CC(=O)N3[C@H](C[C@@H](C(=O)NCCCO)[C@H]3CC(C)C)C2)n1. The van der Waals surface area contributed by atoms with Crippen molar-refractivity contribution >= 4 is 17.8 Å². The van der Waals surface area contributed by atoms with Crippen molar-refractivity contribution in [2.24, 2.45) is 11.8 Å². The van der Waals surface area contributed by atoms with Crippen LogP contribution in [0.15, 0.2) is 6.07 Å². The van der Waals surface area contributed by atoms with E-state index in [4.69, 9.17) is 5.11 Å². The Morgan fingerprint density at radius 2 is 2.00 bits per heavy atom. The van der Waals surface area contributed by atoms with Gasteiger partial charge < -0.3 is 20.2 Å². The molecule has 3 rings (SSSR count). The highest BCUT2D eigenvalue weighted by Gasteiger charge is 2.49. The molecular formula is C21H33N5O3. The lowest BCUT2D eigenvalue weighted by Gasteiger charge is -2.40. The van der Waals surface area contributed by atoms with E-state index in [1.807, 2.05) is 29.7 Å². The lowest BCUT2D eigenvalue weighted by molar-refractivity contribution is -0.135. The van der Waals surface area contributed by atoms with Gasteiger partial charge in [-0.05, 0) is 45.1 Å². The fourth-order valence-electron chi connectivity index (χ4n) is 4.61. The zero-order valence-corrected chi connectivity index (χ0v) is 17.9. The molecule has 29 heavy (non-hydrogen) atoms. The first-order chi connectivity index (χ1) is 13.8. The third-order valence-corrected chi connectivity index (χ3v) is 5.72. The summed E-state index contributed by atoms with van der Waals surface area (Å²) in [5, 5.41) is 11.9. The normalized spacial score (nSPS) is 24.2. The van der Waals surface area contributed by atoms with Crippen LogP contribution in [-0.2, 0) is 9.59 Å². The summed E-state index contributed by atoms with van der Waals surface area (Å²) in [5.41, 5.74) is 1.76. The minimum Gasteiger partial charge on any atom is -0.396 e. The summed E-state index contributed by atoms with van der Waals surface area (Å²) in [6.07, 6.45) is 1.99. The Morgan fingerprint density at radius 3 is 2.62 bits per heavy atom. The van der Waals surface area contributed by atoms with Gasteiger partial charge in [-0.3, -0.25) is 9.59 Å². The van der Waals surface area contributed by atoms with Crippen LogP contribution in [0.5, 0.6) is 0 Å². The molecule has 3 atom stereocenters. The maximum Gasteiger partial charge on any atom is 0.242 e. The molecule has 0 unspecified atom stereocenters. The molecule has 2 saturated heterocycles. The first kappa shape index (κ1) is 21.5. The summed E-state index contributed by atoms with van der Waals surface area (Å²) in [6, 6.07) is 1.82. The van der Waals surface area contributed by atoms with Crippen LogP contribution in [-0.4, -0.2) is 70.1 Å². The van der Waals surface area contributed by atoms with E-state index < -0.39 is 0 Å². The summed E-state index contributed by atoms with van der Waals surface area (Å²) in [4.78, 5) is 38.9. The number of carbonyl (C=O) groups is 2. The van der Waals surface area contributed by atoms with E-state index in [1.54, 1.807) is 0 Å². The van der Waals surface area contributed by atoms with Gasteiger partial charge in [-0.2, -0.15) is 0 Å². The molecule has 0 saturated carbocycles. The van der Waals surface area contributed by atoms with Crippen molar-refractivity contribution in [1.82, 2.24) is 20.2 Å². The molecule has 0 spiro atoms. The molecule has 2 N–H and O–H groups in total. The van der Waals surface area contributed by atoms with Gasteiger partial charge in [0, 0.05) is 37.1 Å². The molecule has 2 aliphatic heterocycles. The molecule has 160 valence electrons. The maximum atomic E-state index is 13.1. The molecule has 0 bridgehead atoms. The molecule has 0 aromatic carbocycles. The fraction of sp³-hybridized carbons (Fsp3) is 0.714. The topological polar surface area (TPSA) is 98.7 Å². The van der Waals surface area contributed by atoms with Crippen LogP contribution in [0.25, 0.3) is 0 Å². The van der Waals surface area contributed by atoms with Crippen LogP contribution in [0.4, 0.5) is 5.95 Å². The number of piperazine rings is 1. The average molecular weight is 404 g/mol. The Bertz CT molecular complexity index is 734.